The number of nitrogens with zero attached hydrogens (tertiary/aromatic N) is 1. The van der Waals surface area contributed by atoms with E-state index in [1.54, 1.807) is 24.1 Å². The molecular formula is C15H13FN2O2S. The Morgan fingerprint density at radius 2 is 1.90 bits per heavy atom. The lowest BCUT2D eigenvalue weighted by Gasteiger charge is -2.19. The summed E-state index contributed by atoms with van der Waals surface area (Å²) in [7, 11) is 1.71. The number of H-pyrrole nitrogens is 1. The molecule has 1 atom stereocenters. The highest BCUT2D eigenvalue weighted by atomic mass is 32.2. The first-order valence-electron chi connectivity index (χ1n) is 6.36. The zero-order valence-corrected chi connectivity index (χ0v) is 12.3. The molecule has 0 radical (unpaired) electrons. The highest BCUT2D eigenvalue weighted by Crippen LogP contribution is 2.42. The second kappa shape index (κ2) is 5.04. The smallest absolute Gasteiger partial charge is 0.255 e. The molecule has 3 rings (SSSR count). The Kier molecular flexibility index (Phi) is 3.33. The van der Waals surface area contributed by atoms with E-state index >= 15 is 0 Å². The second-order valence-electron chi connectivity index (χ2n) is 4.85. The van der Waals surface area contributed by atoms with Crippen molar-refractivity contribution in [3.05, 3.63) is 57.6 Å². The molecule has 2 heterocycles. The van der Waals surface area contributed by atoms with Crippen LogP contribution < -0.4 is 5.56 Å². The quantitative estimate of drug-likeness (QED) is 0.928. The molecule has 1 unspecified atom stereocenters. The molecule has 0 fully saturated rings. The maximum absolute atomic E-state index is 13.1. The van der Waals surface area contributed by atoms with Crippen LogP contribution in [0.15, 0.2) is 35.1 Å². The number of thioether (sulfide) groups is 1. The van der Waals surface area contributed by atoms with Crippen molar-refractivity contribution in [3.8, 4) is 11.3 Å². The summed E-state index contributed by atoms with van der Waals surface area (Å²) >= 11 is 1.51. The molecule has 1 aliphatic heterocycles. The molecule has 1 aromatic carbocycles. The minimum absolute atomic E-state index is 0.163. The third-order valence-corrected chi connectivity index (χ3v) is 4.59. The van der Waals surface area contributed by atoms with E-state index in [2.05, 4.69) is 4.98 Å². The van der Waals surface area contributed by atoms with Gasteiger partial charge in [-0.15, -0.1) is 11.8 Å². The first-order valence-corrected chi connectivity index (χ1v) is 7.65. The molecule has 1 amide bonds. The number of carbonyl (C=O) groups is 1. The van der Waals surface area contributed by atoms with Gasteiger partial charge in [0.25, 0.3) is 5.91 Å². The van der Waals surface area contributed by atoms with Crippen molar-refractivity contribution in [1.82, 2.24) is 9.88 Å². The molecule has 0 saturated heterocycles. The van der Waals surface area contributed by atoms with Gasteiger partial charge >= 0.3 is 0 Å². The average molecular weight is 304 g/mol. The first kappa shape index (κ1) is 13.9. The van der Waals surface area contributed by atoms with Gasteiger partial charge in [0.2, 0.25) is 5.56 Å². The van der Waals surface area contributed by atoms with Crippen LogP contribution in [0.1, 0.15) is 21.3 Å². The van der Waals surface area contributed by atoms with E-state index in [0.717, 1.165) is 5.56 Å². The summed E-state index contributed by atoms with van der Waals surface area (Å²) in [5.41, 5.74) is 2.12. The number of halogens is 1. The second-order valence-corrected chi connectivity index (χ2v) is 5.76. The highest BCUT2D eigenvalue weighted by Gasteiger charge is 2.36. The zero-order valence-electron chi connectivity index (χ0n) is 11.5. The Bertz CT molecular complexity index is 770. The van der Waals surface area contributed by atoms with Crippen molar-refractivity contribution in [2.24, 2.45) is 0 Å². The molecule has 6 heteroatoms. The first-order chi connectivity index (χ1) is 10.0. The number of pyridine rings is 1. The van der Waals surface area contributed by atoms with Crippen molar-refractivity contribution in [2.45, 2.75) is 5.37 Å². The molecule has 4 nitrogen and oxygen atoms in total. The van der Waals surface area contributed by atoms with Crippen molar-refractivity contribution in [1.29, 1.82) is 0 Å². The van der Waals surface area contributed by atoms with Crippen molar-refractivity contribution >= 4 is 17.7 Å². The topological polar surface area (TPSA) is 53.2 Å². The van der Waals surface area contributed by atoms with Crippen LogP contribution in [-0.4, -0.2) is 29.1 Å². The van der Waals surface area contributed by atoms with E-state index in [-0.39, 0.29) is 22.7 Å². The predicted molar refractivity (Wildman–Crippen MR) is 80.8 cm³/mol. The molecule has 0 spiro atoms. The molecule has 0 bridgehead atoms. The van der Waals surface area contributed by atoms with Gasteiger partial charge in [0.05, 0.1) is 11.3 Å². The van der Waals surface area contributed by atoms with Gasteiger partial charge in [-0.2, -0.15) is 0 Å². The Morgan fingerprint density at radius 1 is 1.24 bits per heavy atom. The summed E-state index contributed by atoms with van der Waals surface area (Å²) in [5.74, 6) is -0.512. The highest BCUT2D eigenvalue weighted by molar-refractivity contribution is 7.98. The fourth-order valence-electron chi connectivity index (χ4n) is 2.61. The minimum atomic E-state index is -0.344. The number of fused-ring (bicyclic) bond motifs is 1. The van der Waals surface area contributed by atoms with Crippen LogP contribution in [0.2, 0.25) is 0 Å². The van der Waals surface area contributed by atoms with Gasteiger partial charge in [-0.25, -0.2) is 4.39 Å². The summed E-state index contributed by atoms with van der Waals surface area (Å²) in [6.45, 7) is 0. The van der Waals surface area contributed by atoms with Crippen molar-refractivity contribution in [3.63, 3.8) is 0 Å². The third kappa shape index (κ3) is 2.15. The van der Waals surface area contributed by atoms with Crippen molar-refractivity contribution in [2.75, 3.05) is 13.3 Å². The number of amides is 1. The number of hydrogen-bond donors (Lipinski definition) is 1. The number of nitrogens with one attached hydrogen (secondary N) is 1. The maximum atomic E-state index is 13.1. The Morgan fingerprint density at radius 3 is 2.52 bits per heavy atom. The molecular weight excluding hydrogens is 291 g/mol. The standard InChI is InChI=1S/C15H13FN2O2S/c1-18-14(20)10-7-11(19)17-13(12(10)15(18)21-2)8-3-5-9(16)6-4-8/h3-7,15H,1-2H3,(H,17,19). The van der Waals surface area contributed by atoms with Crippen LogP contribution in [0.5, 0.6) is 0 Å². The molecule has 2 aromatic rings. The summed E-state index contributed by atoms with van der Waals surface area (Å²) in [6.07, 6.45) is 1.91. The third-order valence-electron chi connectivity index (χ3n) is 3.59. The molecule has 0 aliphatic carbocycles. The van der Waals surface area contributed by atoms with Gasteiger partial charge in [-0.3, -0.25) is 9.59 Å². The van der Waals surface area contributed by atoms with Crippen LogP contribution in [0.25, 0.3) is 11.3 Å². The van der Waals surface area contributed by atoms with Crippen LogP contribution in [0.3, 0.4) is 0 Å². The molecule has 0 saturated carbocycles. The summed E-state index contributed by atoms with van der Waals surface area (Å²) in [4.78, 5) is 28.5. The van der Waals surface area contributed by atoms with E-state index in [4.69, 9.17) is 0 Å². The Balaban J connectivity index is 2.28. The van der Waals surface area contributed by atoms with E-state index in [1.165, 1.54) is 30.0 Å². The number of rotatable bonds is 2. The van der Waals surface area contributed by atoms with Gasteiger partial charge in [0.15, 0.2) is 0 Å². The lowest BCUT2D eigenvalue weighted by molar-refractivity contribution is 0.0813. The summed E-state index contributed by atoms with van der Waals surface area (Å²) in [6, 6.07) is 7.20. The van der Waals surface area contributed by atoms with Crippen LogP contribution in [-0.2, 0) is 0 Å². The molecule has 1 aromatic heterocycles. The predicted octanol–water partition coefficient (Wildman–Crippen LogP) is 2.63. The SMILES string of the molecule is CSC1c2c(cc(=O)[nH]c2-c2ccc(F)cc2)C(=O)N1C. The number of carbonyl (C=O) groups excluding carboxylic acids is 1. The number of hydrogen-bond acceptors (Lipinski definition) is 3. The lowest BCUT2D eigenvalue weighted by Crippen LogP contribution is -2.21. The average Bonchev–Trinajstić information content (AvgIpc) is 2.71. The van der Waals surface area contributed by atoms with Crippen LogP contribution >= 0.6 is 11.8 Å². The van der Waals surface area contributed by atoms with Gasteiger partial charge in [-0.05, 0) is 36.1 Å². The van der Waals surface area contributed by atoms with Gasteiger partial charge in [0.1, 0.15) is 11.2 Å². The molecule has 1 aliphatic rings. The van der Waals surface area contributed by atoms with Crippen LogP contribution in [0, 0.1) is 5.82 Å². The van der Waals surface area contributed by atoms with Crippen molar-refractivity contribution < 1.29 is 9.18 Å². The lowest BCUT2D eigenvalue weighted by atomic mass is 10.0. The number of aromatic nitrogens is 1. The van der Waals surface area contributed by atoms with E-state index in [0.29, 0.717) is 16.8 Å². The largest absolute Gasteiger partial charge is 0.325 e. The zero-order chi connectivity index (χ0) is 15.1. The van der Waals surface area contributed by atoms with Gasteiger partial charge < -0.3 is 9.88 Å². The normalized spacial score (nSPS) is 17.2. The van der Waals surface area contributed by atoms with E-state index in [9.17, 15) is 14.0 Å². The van der Waals surface area contributed by atoms with Crippen LogP contribution in [0.4, 0.5) is 4.39 Å². The minimum Gasteiger partial charge on any atom is -0.325 e. The number of benzene rings is 1. The maximum Gasteiger partial charge on any atom is 0.255 e. The van der Waals surface area contributed by atoms with E-state index < -0.39 is 0 Å². The monoisotopic (exact) mass is 304 g/mol. The summed E-state index contributed by atoms with van der Waals surface area (Å²) in [5, 5.41) is -0.163. The molecule has 21 heavy (non-hydrogen) atoms. The number of aromatic amines is 1. The Labute approximate surface area is 125 Å². The Hall–Kier alpha value is -2.08. The molecule has 1 N–H and O–H groups in total. The van der Waals surface area contributed by atoms with Gasteiger partial charge in [0, 0.05) is 18.7 Å². The summed E-state index contributed by atoms with van der Waals surface area (Å²) < 4.78 is 13.1. The van der Waals surface area contributed by atoms with Gasteiger partial charge in [-0.1, -0.05) is 0 Å². The fraction of sp³-hybridized carbons (Fsp3) is 0.200. The molecule has 108 valence electrons. The van der Waals surface area contributed by atoms with E-state index in [1.807, 2.05) is 6.26 Å². The fourth-order valence-corrected chi connectivity index (χ4v) is 3.51.